The maximum Gasteiger partial charge on any atom is 0.336 e. The maximum absolute atomic E-state index is 11.4. The third-order valence-corrected chi connectivity index (χ3v) is 6.21. The minimum atomic E-state index is -0.897. The van der Waals surface area contributed by atoms with Crippen molar-refractivity contribution in [2.75, 3.05) is 11.9 Å². The molecule has 0 bridgehead atoms. The van der Waals surface area contributed by atoms with E-state index in [-0.39, 0.29) is 6.04 Å². The molecule has 31 heavy (non-hydrogen) atoms. The molecule has 0 saturated carbocycles. The van der Waals surface area contributed by atoms with E-state index in [0.29, 0.717) is 17.9 Å². The summed E-state index contributed by atoms with van der Waals surface area (Å²) < 4.78 is 0. The number of aryl methyl sites for hydroxylation is 1. The quantitative estimate of drug-likeness (QED) is 0.537. The van der Waals surface area contributed by atoms with Crippen LogP contribution in [-0.4, -0.2) is 23.1 Å². The predicted octanol–water partition coefficient (Wildman–Crippen LogP) is 5.45. The zero-order valence-corrected chi connectivity index (χ0v) is 18.3. The molecule has 0 aliphatic carbocycles. The molecule has 0 amide bonds. The fourth-order valence-electron chi connectivity index (χ4n) is 4.26. The Morgan fingerprint density at radius 2 is 1.90 bits per heavy atom. The highest BCUT2D eigenvalue weighted by Crippen LogP contribution is 2.34. The number of carboxylic acids is 1. The molecule has 2 aromatic carbocycles. The molecule has 4 rings (SSSR count). The van der Waals surface area contributed by atoms with E-state index in [1.54, 1.807) is 12.3 Å². The standard InChI is InChI=1S/C26H29N3O2/c1-17(2)18-4-7-21(8-5-18)29(3)22-9-10-23-20(14-22)16-28-25(23)11-6-19-15-27-13-12-24(19)26(30)31/h4-5,7-10,12-15,17,25,28H,6,11,16H2,1-3H3,(H,30,31)/t25-/m0/s1. The van der Waals surface area contributed by atoms with Gasteiger partial charge in [0.25, 0.3) is 0 Å². The van der Waals surface area contributed by atoms with Crippen molar-refractivity contribution >= 4 is 17.3 Å². The number of rotatable bonds is 7. The molecule has 1 aliphatic rings. The van der Waals surface area contributed by atoms with E-state index >= 15 is 0 Å². The molecule has 3 aromatic rings. The first-order valence-electron chi connectivity index (χ1n) is 10.8. The van der Waals surface area contributed by atoms with E-state index in [1.807, 2.05) is 0 Å². The van der Waals surface area contributed by atoms with Crippen LogP contribution in [-0.2, 0) is 13.0 Å². The smallest absolute Gasteiger partial charge is 0.336 e. The Morgan fingerprint density at radius 1 is 1.16 bits per heavy atom. The lowest BCUT2D eigenvalue weighted by Gasteiger charge is -2.21. The summed E-state index contributed by atoms with van der Waals surface area (Å²) in [4.78, 5) is 17.8. The van der Waals surface area contributed by atoms with E-state index in [2.05, 4.69) is 78.6 Å². The Morgan fingerprint density at radius 3 is 2.61 bits per heavy atom. The van der Waals surface area contributed by atoms with Crippen LogP contribution in [0.2, 0.25) is 0 Å². The van der Waals surface area contributed by atoms with Gasteiger partial charge in [-0.2, -0.15) is 0 Å². The first-order chi connectivity index (χ1) is 14.9. The van der Waals surface area contributed by atoms with Gasteiger partial charge < -0.3 is 15.3 Å². The Hall–Kier alpha value is -3.18. The summed E-state index contributed by atoms with van der Waals surface area (Å²) in [6.45, 7) is 5.24. The number of aromatic carboxylic acids is 1. The zero-order chi connectivity index (χ0) is 22.0. The zero-order valence-electron chi connectivity index (χ0n) is 18.3. The Kier molecular flexibility index (Phi) is 6.05. The van der Waals surface area contributed by atoms with Gasteiger partial charge in [-0.05, 0) is 71.3 Å². The molecule has 0 saturated heterocycles. The Labute approximate surface area is 183 Å². The van der Waals surface area contributed by atoms with Gasteiger partial charge in [-0.15, -0.1) is 0 Å². The molecule has 1 aliphatic heterocycles. The lowest BCUT2D eigenvalue weighted by atomic mass is 9.97. The normalized spacial score (nSPS) is 15.2. The van der Waals surface area contributed by atoms with Crippen molar-refractivity contribution in [3.05, 3.63) is 88.7 Å². The summed E-state index contributed by atoms with van der Waals surface area (Å²) in [6.07, 6.45) is 4.72. The largest absolute Gasteiger partial charge is 0.478 e. The number of hydrogen-bond acceptors (Lipinski definition) is 4. The number of hydrogen-bond donors (Lipinski definition) is 2. The molecule has 1 aromatic heterocycles. The second-order valence-electron chi connectivity index (χ2n) is 8.50. The van der Waals surface area contributed by atoms with Crippen LogP contribution in [0, 0.1) is 0 Å². The fourth-order valence-corrected chi connectivity index (χ4v) is 4.26. The van der Waals surface area contributed by atoms with Gasteiger partial charge >= 0.3 is 5.97 Å². The van der Waals surface area contributed by atoms with Gasteiger partial charge in [0.15, 0.2) is 0 Å². The van der Waals surface area contributed by atoms with E-state index < -0.39 is 5.97 Å². The third-order valence-electron chi connectivity index (χ3n) is 6.21. The van der Waals surface area contributed by atoms with E-state index in [4.69, 9.17) is 0 Å². The number of aromatic nitrogens is 1. The van der Waals surface area contributed by atoms with E-state index in [9.17, 15) is 9.90 Å². The highest BCUT2D eigenvalue weighted by molar-refractivity contribution is 5.89. The van der Waals surface area contributed by atoms with Gasteiger partial charge in [0.2, 0.25) is 0 Å². The van der Waals surface area contributed by atoms with Crippen LogP contribution in [0.3, 0.4) is 0 Å². The molecule has 1 atom stereocenters. The number of carbonyl (C=O) groups is 1. The van der Waals surface area contributed by atoms with Crippen molar-refractivity contribution < 1.29 is 9.90 Å². The molecule has 2 heterocycles. The van der Waals surface area contributed by atoms with Crippen LogP contribution >= 0.6 is 0 Å². The lowest BCUT2D eigenvalue weighted by molar-refractivity contribution is 0.0695. The van der Waals surface area contributed by atoms with Gasteiger partial charge in [0.05, 0.1) is 5.56 Å². The van der Waals surface area contributed by atoms with Crippen LogP contribution in [0.15, 0.2) is 60.9 Å². The topological polar surface area (TPSA) is 65.5 Å². The van der Waals surface area contributed by atoms with Gasteiger partial charge in [-0.1, -0.05) is 32.0 Å². The SMILES string of the molecule is CC(C)c1ccc(N(C)c2ccc3c(c2)CN[C@H]3CCc2cnccc2C(=O)O)cc1. The molecule has 0 unspecified atom stereocenters. The first kappa shape index (κ1) is 21.1. The van der Waals surface area contributed by atoms with Crippen LogP contribution < -0.4 is 10.2 Å². The number of carboxylic acid groups (broad SMARTS) is 1. The minimum Gasteiger partial charge on any atom is -0.478 e. The second kappa shape index (κ2) is 8.90. The minimum absolute atomic E-state index is 0.224. The molecule has 5 heteroatoms. The summed E-state index contributed by atoms with van der Waals surface area (Å²) in [7, 11) is 2.10. The summed E-state index contributed by atoms with van der Waals surface area (Å²) in [5, 5.41) is 13.0. The molecule has 0 spiro atoms. The van der Waals surface area contributed by atoms with Crippen LogP contribution in [0.25, 0.3) is 0 Å². The van der Waals surface area contributed by atoms with Gasteiger partial charge in [0.1, 0.15) is 0 Å². The third kappa shape index (κ3) is 4.47. The van der Waals surface area contributed by atoms with E-state index in [0.717, 1.165) is 18.5 Å². The monoisotopic (exact) mass is 415 g/mol. The molecule has 2 N–H and O–H groups in total. The lowest BCUT2D eigenvalue weighted by Crippen LogP contribution is -2.14. The van der Waals surface area contributed by atoms with Crippen molar-refractivity contribution in [3.63, 3.8) is 0 Å². The van der Waals surface area contributed by atoms with Gasteiger partial charge in [0, 0.05) is 43.4 Å². The summed E-state index contributed by atoms with van der Waals surface area (Å²) in [5.74, 6) is -0.369. The van der Waals surface area contributed by atoms with Crippen LogP contribution in [0.1, 0.15) is 64.8 Å². The molecule has 160 valence electrons. The number of nitrogens with one attached hydrogen (secondary N) is 1. The summed E-state index contributed by atoms with van der Waals surface area (Å²) in [5.41, 5.74) is 7.41. The van der Waals surface area contributed by atoms with Crippen molar-refractivity contribution in [1.82, 2.24) is 10.3 Å². The number of pyridine rings is 1. The van der Waals surface area contributed by atoms with Gasteiger partial charge in [-0.3, -0.25) is 4.98 Å². The Bertz CT molecular complexity index is 1080. The van der Waals surface area contributed by atoms with Crippen molar-refractivity contribution in [1.29, 1.82) is 0 Å². The molecule has 0 fully saturated rings. The highest BCUT2D eigenvalue weighted by Gasteiger charge is 2.23. The molecular formula is C26H29N3O2. The van der Waals surface area contributed by atoms with Crippen LogP contribution in [0.5, 0.6) is 0 Å². The molecular weight excluding hydrogens is 386 g/mol. The van der Waals surface area contributed by atoms with Gasteiger partial charge in [-0.25, -0.2) is 4.79 Å². The second-order valence-corrected chi connectivity index (χ2v) is 8.50. The predicted molar refractivity (Wildman–Crippen MR) is 124 cm³/mol. The van der Waals surface area contributed by atoms with Crippen molar-refractivity contribution in [2.24, 2.45) is 0 Å². The average Bonchev–Trinajstić information content (AvgIpc) is 3.19. The number of anilines is 2. The maximum atomic E-state index is 11.4. The molecule has 5 nitrogen and oxygen atoms in total. The van der Waals surface area contributed by atoms with E-state index in [1.165, 1.54) is 34.3 Å². The number of benzene rings is 2. The fraction of sp³-hybridized carbons (Fsp3) is 0.308. The average molecular weight is 416 g/mol. The molecule has 0 radical (unpaired) electrons. The number of fused-ring (bicyclic) bond motifs is 1. The van der Waals surface area contributed by atoms with Crippen LogP contribution in [0.4, 0.5) is 11.4 Å². The summed E-state index contributed by atoms with van der Waals surface area (Å²) >= 11 is 0. The van der Waals surface area contributed by atoms with Crippen molar-refractivity contribution in [2.45, 2.75) is 45.2 Å². The number of nitrogens with zero attached hydrogens (tertiary/aromatic N) is 2. The highest BCUT2D eigenvalue weighted by atomic mass is 16.4. The summed E-state index contributed by atoms with van der Waals surface area (Å²) in [6, 6.07) is 17.2. The van der Waals surface area contributed by atoms with Crippen molar-refractivity contribution in [3.8, 4) is 0 Å². The Balaban J connectivity index is 1.47. The first-order valence-corrected chi connectivity index (χ1v) is 10.8.